The molecule has 0 amide bonds. The third-order valence-electron chi connectivity index (χ3n) is 2.78. The van der Waals surface area contributed by atoms with Gasteiger partial charge in [-0.15, -0.1) is 0 Å². The molecule has 1 N–H and O–H groups in total. The summed E-state index contributed by atoms with van der Waals surface area (Å²) in [5.41, 5.74) is 3.64. The van der Waals surface area contributed by atoms with Crippen molar-refractivity contribution in [2.24, 2.45) is 0 Å². The van der Waals surface area contributed by atoms with Crippen molar-refractivity contribution >= 4 is 11.3 Å². The van der Waals surface area contributed by atoms with Gasteiger partial charge < -0.3 is 5.32 Å². The number of nitrogens with one attached hydrogen (secondary N) is 1. The van der Waals surface area contributed by atoms with Gasteiger partial charge in [-0.2, -0.15) is 0 Å². The highest BCUT2D eigenvalue weighted by Crippen LogP contribution is 2.37. The molecule has 2 heteroatoms. The fraction of sp³-hybridized carbons (Fsp3) is 0.385. The Bertz CT molecular complexity index is 444. The van der Waals surface area contributed by atoms with Crippen molar-refractivity contribution < 1.29 is 4.39 Å². The average Bonchev–Trinajstić information content (AvgIpc) is 2.09. The van der Waals surface area contributed by atoms with E-state index in [1.54, 1.807) is 0 Å². The molecule has 1 heterocycles. The van der Waals surface area contributed by atoms with Gasteiger partial charge in [0, 0.05) is 11.3 Å². The highest BCUT2D eigenvalue weighted by molar-refractivity contribution is 5.82. The molecule has 0 aromatic heterocycles. The normalized spacial score (nSPS) is 17.8. The van der Waals surface area contributed by atoms with Crippen LogP contribution in [0.15, 0.2) is 18.2 Å². The topological polar surface area (TPSA) is 12.0 Å². The van der Waals surface area contributed by atoms with Crippen LogP contribution in [0.1, 0.15) is 31.9 Å². The number of aryl methyl sites for hydroxylation is 1. The summed E-state index contributed by atoms with van der Waals surface area (Å²) in [4.78, 5) is 0. The van der Waals surface area contributed by atoms with E-state index in [-0.39, 0.29) is 11.4 Å². The molecule has 1 aromatic carbocycles. The summed E-state index contributed by atoms with van der Waals surface area (Å²) in [7, 11) is 0. The van der Waals surface area contributed by atoms with E-state index < -0.39 is 0 Å². The maximum Gasteiger partial charge on any atom is 0.132 e. The van der Waals surface area contributed by atoms with E-state index in [9.17, 15) is 4.39 Å². The molecule has 0 bridgehead atoms. The van der Waals surface area contributed by atoms with Gasteiger partial charge in [-0.1, -0.05) is 12.1 Å². The molecule has 1 aliphatic rings. The molecule has 15 heavy (non-hydrogen) atoms. The quantitative estimate of drug-likeness (QED) is 0.680. The Morgan fingerprint density at radius 3 is 2.53 bits per heavy atom. The third-order valence-corrected chi connectivity index (χ3v) is 2.78. The number of hydrogen-bond acceptors (Lipinski definition) is 1. The van der Waals surface area contributed by atoms with Gasteiger partial charge >= 0.3 is 0 Å². The second kappa shape index (κ2) is 3.09. The standard InChI is InChI=1S/C13H16FN/c1-8-5-6-10(14)11-9(2)7-13(3,4)15-12(8)11/h5-7,15H,1-4H3. The molecule has 1 nitrogen and oxygen atoms in total. The van der Waals surface area contributed by atoms with E-state index in [4.69, 9.17) is 0 Å². The second-order valence-corrected chi connectivity index (χ2v) is 4.79. The van der Waals surface area contributed by atoms with Crippen LogP contribution < -0.4 is 5.32 Å². The number of hydrogen-bond donors (Lipinski definition) is 1. The summed E-state index contributed by atoms with van der Waals surface area (Å²) in [6, 6.07) is 3.35. The number of halogens is 1. The predicted molar refractivity (Wildman–Crippen MR) is 62.5 cm³/mol. The molecular weight excluding hydrogens is 189 g/mol. The molecule has 0 fully saturated rings. The molecule has 0 spiro atoms. The van der Waals surface area contributed by atoms with Crippen LogP contribution in [0.25, 0.3) is 5.57 Å². The van der Waals surface area contributed by atoms with Crippen molar-refractivity contribution in [3.05, 3.63) is 35.2 Å². The third kappa shape index (κ3) is 1.65. The monoisotopic (exact) mass is 205 g/mol. The number of allylic oxidation sites excluding steroid dienone is 1. The van der Waals surface area contributed by atoms with Crippen LogP contribution in [0.2, 0.25) is 0 Å². The second-order valence-electron chi connectivity index (χ2n) is 4.79. The average molecular weight is 205 g/mol. The van der Waals surface area contributed by atoms with Crippen molar-refractivity contribution in [1.29, 1.82) is 0 Å². The summed E-state index contributed by atoms with van der Waals surface area (Å²) >= 11 is 0. The van der Waals surface area contributed by atoms with Crippen LogP contribution in [-0.4, -0.2) is 5.54 Å². The number of anilines is 1. The molecule has 80 valence electrons. The summed E-state index contributed by atoms with van der Waals surface area (Å²) in [6.07, 6.45) is 2.07. The Morgan fingerprint density at radius 2 is 1.87 bits per heavy atom. The molecule has 2 rings (SSSR count). The van der Waals surface area contributed by atoms with Crippen LogP contribution in [-0.2, 0) is 0 Å². The molecule has 0 unspecified atom stereocenters. The fourth-order valence-electron chi connectivity index (χ4n) is 2.20. The summed E-state index contributed by atoms with van der Waals surface area (Å²) in [5.74, 6) is -0.146. The Labute approximate surface area is 90.0 Å². The van der Waals surface area contributed by atoms with E-state index in [1.807, 2.05) is 19.9 Å². The molecule has 0 saturated carbocycles. The Kier molecular flexibility index (Phi) is 2.10. The fourth-order valence-corrected chi connectivity index (χ4v) is 2.20. The van der Waals surface area contributed by atoms with E-state index in [1.165, 1.54) is 6.07 Å². The van der Waals surface area contributed by atoms with E-state index >= 15 is 0 Å². The summed E-state index contributed by atoms with van der Waals surface area (Å²) in [6.45, 7) is 8.14. The van der Waals surface area contributed by atoms with Gasteiger partial charge in [0.1, 0.15) is 5.82 Å². The zero-order valence-electron chi connectivity index (χ0n) is 9.61. The first-order chi connectivity index (χ1) is 6.91. The van der Waals surface area contributed by atoms with Crippen molar-refractivity contribution in [1.82, 2.24) is 0 Å². The number of fused-ring (bicyclic) bond motifs is 1. The molecule has 0 aliphatic carbocycles. The lowest BCUT2D eigenvalue weighted by atomic mass is 9.89. The van der Waals surface area contributed by atoms with Crippen molar-refractivity contribution in [3.8, 4) is 0 Å². The smallest absolute Gasteiger partial charge is 0.132 e. The Hall–Kier alpha value is -1.31. The van der Waals surface area contributed by atoms with Crippen LogP contribution in [0.4, 0.5) is 10.1 Å². The lowest BCUT2D eigenvalue weighted by molar-refractivity contribution is 0.618. The largest absolute Gasteiger partial charge is 0.376 e. The first kappa shape index (κ1) is 10.2. The number of rotatable bonds is 0. The van der Waals surface area contributed by atoms with E-state index in [0.29, 0.717) is 5.56 Å². The van der Waals surface area contributed by atoms with E-state index in [0.717, 1.165) is 16.8 Å². The molecule has 0 radical (unpaired) electrons. The molecule has 1 aromatic rings. The predicted octanol–water partition coefficient (Wildman–Crippen LogP) is 3.74. The van der Waals surface area contributed by atoms with Crippen LogP contribution in [0, 0.1) is 12.7 Å². The SMILES string of the molecule is CC1=CC(C)(C)Nc2c(C)ccc(F)c21. The van der Waals surface area contributed by atoms with Crippen LogP contribution >= 0.6 is 0 Å². The Balaban J connectivity index is 2.69. The zero-order valence-corrected chi connectivity index (χ0v) is 9.61. The van der Waals surface area contributed by atoms with Gasteiger partial charge in [0.2, 0.25) is 0 Å². The minimum atomic E-state index is -0.146. The van der Waals surface area contributed by atoms with Gasteiger partial charge in [-0.05, 0) is 44.9 Å². The van der Waals surface area contributed by atoms with Crippen molar-refractivity contribution in [2.75, 3.05) is 5.32 Å². The van der Waals surface area contributed by atoms with Gasteiger partial charge in [0.25, 0.3) is 0 Å². The maximum atomic E-state index is 13.7. The lowest BCUT2D eigenvalue weighted by Crippen LogP contribution is -2.32. The van der Waals surface area contributed by atoms with Gasteiger partial charge in [0.15, 0.2) is 0 Å². The first-order valence-corrected chi connectivity index (χ1v) is 5.18. The highest BCUT2D eigenvalue weighted by Gasteiger charge is 2.25. The molecule has 0 saturated heterocycles. The van der Waals surface area contributed by atoms with Crippen LogP contribution in [0.3, 0.4) is 0 Å². The minimum Gasteiger partial charge on any atom is -0.376 e. The van der Waals surface area contributed by atoms with E-state index in [2.05, 4.69) is 25.2 Å². The van der Waals surface area contributed by atoms with Crippen LogP contribution in [0.5, 0.6) is 0 Å². The molecule has 1 aliphatic heterocycles. The van der Waals surface area contributed by atoms with Gasteiger partial charge in [-0.25, -0.2) is 4.39 Å². The van der Waals surface area contributed by atoms with Gasteiger partial charge in [0.05, 0.1) is 5.54 Å². The summed E-state index contributed by atoms with van der Waals surface area (Å²) in [5, 5.41) is 3.36. The maximum absolute atomic E-state index is 13.7. The number of benzene rings is 1. The van der Waals surface area contributed by atoms with Crippen molar-refractivity contribution in [3.63, 3.8) is 0 Å². The molecular formula is C13H16FN. The van der Waals surface area contributed by atoms with Gasteiger partial charge in [-0.3, -0.25) is 0 Å². The summed E-state index contributed by atoms with van der Waals surface area (Å²) < 4.78 is 13.7. The molecule has 0 atom stereocenters. The highest BCUT2D eigenvalue weighted by atomic mass is 19.1. The minimum absolute atomic E-state index is 0.102. The Morgan fingerprint density at radius 1 is 1.20 bits per heavy atom. The lowest BCUT2D eigenvalue weighted by Gasteiger charge is -2.32. The zero-order chi connectivity index (χ0) is 11.2. The van der Waals surface area contributed by atoms with Crippen molar-refractivity contribution in [2.45, 2.75) is 33.2 Å². The first-order valence-electron chi connectivity index (χ1n) is 5.18.